The lowest BCUT2D eigenvalue weighted by atomic mass is 10.1. The summed E-state index contributed by atoms with van der Waals surface area (Å²) in [6, 6.07) is 0.799. The Morgan fingerprint density at radius 3 is 2.68 bits per heavy atom. The highest BCUT2D eigenvalue weighted by molar-refractivity contribution is 5.66. The molecule has 1 aromatic carbocycles. The molecule has 0 aliphatic carbocycles. The minimum atomic E-state index is -1.26. The molecule has 2 fully saturated rings. The molecule has 2 aliphatic rings. The maximum Gasteiger partial charge on any atom is 0.407 e. The van der Waals surface area contributed by atoms with Crippen LogP contribution in [0.25, 0.3) is 0 Å². The Bertz CT molecular complexity index is 606. The van der Waals surface area contributed by atoms with Gasteiger partial charge in [-0.1, -0.05) is 0 Å². The summed E-state index contributed by atoms with van der Waals surface area (Å²) < 4.78 is 49.9. The van der Waals surface area contributed by atoms with Crippen molar-refractivity contribution in [1.82, 2.24) is 4.90 Å². The minimum Gasteiger partial charge on any atom is -0.465 e. The zero-order valence-corrected chi connectivity index (χ0v) is 11.5. The monoisotopic (exact) mass is 317 g/mol. The van der Waals surface area contributed by atoms with Gasteiger partial charge in [0.05, 0.1) is 32.4 Å². The molecule has 22 heavy (non-hydrogen) atoms. The number of ether oxygens (including phenoxy) is 2. The van der Waals surface area contributed by atoms with Crippen molar-refractivity contribution in [3.05, 3.63) is 35.1 Å². The van der Waals surface area contributed by atoms with Crippen LogP contribution in [-0.2, 0) is 16.1 Å². The quantitative estimate of drug-likeness (QED) is 0.683. The highest BCUT2D eigenvalue weighted by Crippen LogP contribution is 2.40. The summed E-state index contributed by atoms with van der Waals surface area (Å²) in [6.45, 7) is 0.581. The number of epoxide rings is 1. The van der Waals surface area contributed by atoms with Crippen LogP contribution < -0.4 is 0 Å². The summed E-state index contributed by atoms with van der Waals surface area (Å²) in [6.07, 6.45) is -0.556. The lowest BCUT2D eigenvalue weighted by molar-refractivity contribution is 0.0629. The first-order valence-electron chi connectivity index (χ1n) is 6.75. The smallest absolute Gasteiger partial charge is 0.407 e. The van der Waals surface area contributed by atoms with Gasteiger partial charge in [0.1, 0.15) is 11.4 Å². The van der Waals surface area contributed by atoms with E-state index in [1.807, 2.05) is 0 Å². The van der Waals surface area contributed by atoms with Crippen molar-refractivity contribution in [2.24, 2.45) is 0 Å². The predicted octanol–water partition coefficient (Wildman–Crippen LogP) is 2.14. The number of hydrogen-bond acceptors (Lipinski definition) is 3. The lowest BCUT2D eigenvalue weighted by Crippen LogP contribution is -2.37. The van der Waals surface area contributed by atoms with Crippen LogP contribution in [0.3, 0.4) is 0 Å². The second-order valence-electron chi connectivity index (χ2n) is 5.61. The molecule has 1 aromatic rings. The standard InChI is InChI=1S/C14H14F3NO4/c15-10-2-12(17)11(16)1-8(10)4-21-5-9-3-14(7-22-14)6-18(9)13(19)20/h1-2,9H,3-7H2,(H,19,20)/t9-,14-/m0/s1. The van der Waals surface area contributed by atoms with Crippen molar-refractivity contribution in [1.29, 1.82) is 0 Å². The van der Waals surface area contributed by atoms with Gasteiger partial charge < -0.3 is 14.6 Å². The van der Waals surface area contributed by atoms with Crippen LogP contribution in [0.1, 0.15) is 12.0 Å². The van der Waals surface area contributed by atoms with E-state index in [2.05, 4.69) is 0 Å². The van der Waals surface area contributed by atoms with E-state index in [4.69, 9.17) is 14.6 Å². The van der Waals surface area contributed by atoms with Crippen LogP contribution in [0, 0.1) is 17.5 Å². The molecule has 1 spiro atoms. The predicted molar refractivity (Wildman–Crippen MR) is 67.8 cm³/mol. The van der Waals surface area contributed by atoms with Crippen molar-refractivity contribution in [2.45, 2.75) is 24.7 Å². The van der Waals surface area contributed by atoms with Crippen molar-refractivity contribution >= 4 is 6.09 Å². The molecule has 3 rings (SSSR count). The van der Waals surface area contributed by atoms with E-state index in [0.717, 1.165) is 6.07 Å². The van der Waals surface area contributed by atoms with Crippen LogP contribution in [-0.4, -0.2) is 47.5 Å². The van der Waals surface area contributed by atoms with Crippen molar-refractivity contribution < 1.29 is 32.5 Å². The van der Waals surface area contributed by atoms with Crippen LogP contribution in [0.2, 0.25) is 0 Å². The minimum absolute atomic E-state index is 0.0375. The molecule has 120 valence electrons. The van der Waals surface area contributed by atoms with Gasteiger partial charge in [-0.2, -0.15) is 0 Å². The van der Waals surface area contributed by atoms with E-state index in [0.29, 0.717) is 19.1 Å². The molecule has 2 heterocycles. The van der Waals surface area contributed by atoms with Gasteiger partial charge in [0, 0.05) is 18.1 Å². The van der Waals surface area contributed by atoms with Crippen molar-refractivity contribution in [3.8, 4) is 0 Å². The molecule has 1 amide bonds. The molecule has 5 nitrogen and oxygen atoms in total. The molecule has 0 bridgehead atoms. The number of benzene rings is 1. The van der Waals surface area contributed by atoms with Crippen LogP contribution in [0.5, 0.6) is 0 Å². The number of likely N-dealkylation sites (tertiary alicyclic amines) is 1. The highest BCUT2D eigenvalue weighted by atomic mass is 19.2. The molecule has 2 saturated heterocycles. The van der Waals surface area contributed by atoms with Gasteiger partial charge in [-0.15, -0.1) is 0 Å². The Balaban J connectivity index is 1.58. The number of carboxylic acid groups (broad SMARTS) is 1. The summed E-state index contributed by atoms with van der Waals surface area (Å²) >= 11 is 0. The van der Waals surface area contributed by atoms with Crippen LogP contribution in [0.15, 0.2) is 12.1 Å². The normalized spacial score (nSPS) is 26.7. The SMILES string of the molecule is O=C(O)N1C[C@]2(CO2)C[C@H]1COCc1cc(F)c(F)cc1F. The van der Waals surface area contributed by atoms with E-state index in [-0.39, 0.29) is 25.3 Å². The molecule has 2 atom stereocenters. The van der Waals surface area contributed by atoms with Gasteiger partial charge in [-0.25, -0.2) is 18.0 Å². The zero-order valence-electron chi connectivity index (χ0n) is 11.5. The fourth-order valence-electron chi connectivity index (χ4n) is 2.71. The Labute approximate surface area is 124 Å². The van der Waals surface area contributed by atoms with E-state index in [1.165, 1.54) is 4.90 Å². The fraction of sp³-hybridized carbons (Fsp3) is 0.500. The molecule has 0 aromatic heterocycles. The van der Waals surface area contributed by atoms with Gasteiger partial charge >= 0.3 is 6.09 Å². The Kier molecular flexibility index (Phi) is 3.73. The first-order chi connectivity index (χ1) is 10.4. The number of hydrogen-bond donors (Lipinski definition) is 1. The van der Waals surface area contributed by atoms with Crippen molar-refractivity contribution in [3.63, 3.8) is 0 Å². The molecular weight excluding hydrogens is 303 g/mol. The second kappa shape index (κ2) is 5.44. The molecule has 1 N–H and O–H groups in total. The summed E-state index contributed by atoms with van der Waals surface area (Å²) in [4.78, 5) is 12.4. The molecule has 0 unspecified atom stereocenters. The van der Waals surface area contributed by atoms with E-state index >= 15 is 0 Å². The summed E-state index contributed by atoms with van der Waals surface area (Å²) in [5.41, 5.74) is -0.518. The first kappa shape index (κ1) is 15.1. The number of carbonyl (C=O) groups is 1. The van der Waals surface area contributed by atoms with E-state index < -0.39 is 35.2 Å². The maximum absolute atomic E-state index is 13.5. The summed E-state index contributed by atoms with van der Waals surface area (Å²) in [5.74, 6) is -3.32. The Morgan fingerprint density at radius 2 is 2.05 bits per heavy atom. The Hall–Kier alpha value is -1.80. The third-order valence-corrected chi connectivity index (χ3v) is 3.96. The van der Waals surface area contributed by atoms with E-state index in [9.17, 15) is 18.0 Å². The average Bonchev–Trinajstić information content (AvgIpc) is 3.09. The second-order valence-corrected chi connectivity index (χ2v) is 5.61. The van der Waals surface area contributed by atoms with Gasteiger partial charge in [0.2, 0.25) is 0 Å². The van der Waals surface area contributed by atoms with Crippen molar-refractivity contribution in [2.75, 3.05) is 19.8 Å². The molecule has 2 aliphatic heterocycles. The van der Waals surface area contributed by atoms with Crippen LogP contribution >= 0.6 is 0 Å². The van der Waals surface area contributed by atoms with Gasteiger partial charge in [-0.05, 0) is 6.07 Å². The summed E-state index contributed by atoms with van der Waals surface area (Å²) in [7, 11) is 0. The fourth-order valence-corrected chi connectivity index (χ4v) is 2.71. The van der Waals surface area contributed by atoms with E-state index in [1.54, 1.807) is 0 Å². The number of halogens is 3. The molecule has 0 saturated carbocycles. The lowest BCUT2D eigenvalue weighted by Gasteiger charge is -2.20. The first-order valence-corrected chi connectivity index (χ1v) is 6.75. The zero-order chi connectivity index (χ0) is 15.9. The average molecular weight is 317 g/mol. The van der Waals surface area contributed by atoms with Crippen LogP contribution in [0.4, 0.5) is 18.0 Å². The third kappa shape index (κ3) is 2.89. The summed E-state index contributed by atoms with van der Waals surface area (Å²) in [5, 5.41) is 9.13. The van der Waals surface area contributed by atoms with Gasteiger partial charge in [0.15, 0.2) is 11.6 Å². The number of rotatable bonds is 4. The number of nitrogens with zero attached hydrogens (tertiary/aromatic N) is 1. The molecule has 8 heteroatoms. The topological polar surface area (TPSA) is 62.3 Å². The van der Waals surface area contributed by atoms with Gasteiger partial charge in [0.25, 0.3) is 0 Å². The maximum atomic E-state index is 13.5. The molecular formula is C14H14F3NO4. The number of amides is 1. The molecule has 0 radical (unpaired) electrons. The largest absolute Gasteiger partial charge is 0.465 e. The highest BCUT2D eigenvalue weighted by Gasteiger charge is 2.55. The van der Waals surface area contributed by atoms with Gasteiger partial charge in [-0.3, -0.25) is 4.90 Å². The Morgan fingerprint density at radius 1 is 1.36 bits per heavy atom. The third-order valence-electron chi connectivity index (χ3n) is 3.96.